The summed E-state index contributed by atoms with van der Waals surface area (Å²) in [6, 6.07) is 19.1. The first-order chi connectivity index (χ1) is 11.4. The second-order valence-electron chi connectivity index (χ2n) is 5.95. The Morgan fingerprint density at radius 2 is 1.48 bits per heavy atom. The van der Waals surface area contributed by atoms with Crippen molar-refractivity contribution in [2.75, 3.05) is 36.0 Å². The molecule has 0 unspecified atom stereocenters. The summed E-state index contributed by atoms with van der Waals surface area (Å²) in [4.78, 5) is 9.75. The van der Waals surface area contributed by atoms with Crippen LogP contribution in [0.1, 0.15) is 6.92 Å². The van der Waals surface area contributed by atoms with Crippen molar-refractivity contribution in [1.29, 1.82) is 0 Å². The van der Waals surface area contributed by atoms with E-state index in [1.165, 1.54) is 11.2 Å². The van der Waals surface area contributed by atoms with Crippen LogP contribution in [0.5, 0.6) is 0 Å². The molecule has 0 spiro atoms. The van der Waals surface area contributed by atoms with E-state index in [-0.39, 0.29) is 0 Å². The molecule has 0 saturated carbocycles. The Kier molecular flexibility index (Phi) is 3.66. The number of benzene rings is 2. The molecule has 4 nitrogen and oxygen atoms in total. The molecule has 0 aliphatic carbocycles. The van der Waals surface area contributed by atoms with Crippen LogP contribution in [-0.4, -0.2) is 35.7 Å². The molecule has 3 aromatic rings. The second kappa shape index (κ2) is 5.95. The van der Waals surface area contributed by atoms with E-state index in [0.29, 0.717) is 0 Å². The van der Waals surface area contributed by atoms with Crippen LogP contribution in [0.15, 0.2) is 54.6 Å². The lowest BCUT2D eigenvalue weighted by Crippen LogP contribution is -2.47. The largest absolute Gasteiger partial charge is 0.368 e. The van der Waals surface area contributed by atoms with Crippen LogP contribution in [0.4, 0.5) is 11.6 Å². The van der Waals surface area contributed by atoms with E-state index in [1.807, 2.05) is 0 Å². The molecule has 2 aromatic carbocycles. The van der Waals surface area contributed by atoms with Gasteiger partial charge in [0.2, 0.25) is 5.95 Å². The third kappa shape index (κ3) is 2.54. The maximum Gasteiger partial charge on any atom is 0.206 e. The Morgan fingerprint density at radius 3 is 2.22 bits per heavy atom. The number of aromatic nitrogens is 2. The predicted octanol–water partition coefficient (Wildman–Crippen LogP) is 3.38. The molecule has 1 fully saturated rings. The van der Waals surface area contributed by atoms with Gasteiger partial charge in [-0.1, -0.05) is 30.3 Å². The van der Waals surface area contributed by atoms with Crippen LogP contribution >= 0.6 is 0 Å². The Bertz CT molecular complexity index is 785. The fourth-order valence-electron chi connectivity index (χ4n) is 3.42. The Hall–Kier alpha value is -2.49. The number of piperazine rings is 1. The number of hydrogen-bond donors (Lipinski definition) is 0. The van der Waals surface area contributed by atoms with Gasteiger partial charge >= 0.3 is 0 Å². The van der Waals surface area contributed by atoms with Crippen LogP contribution in [0, 0.1) is 0 Å². The van der Waals surface area contributed by atoms with Gasteiger partial charge in [-0.05, 0) is 31.2 Å². The lowest BCUT2D eigenvalue weighted by molar-refractivity contribution is 0.622. The number of imidazole rings is 1. The predicted molar refractivity (Wildman–Crippen MR) is 96.3 cm³/mol. The van der Waals surface area contributed by atoms with Crippen LogP contribution in [0.25, 0.3) is 11.0 Å². The Labute approximate surface area is 137 Å². The van der Waals surface area contributed by atoms with Crippen molar-refractivity contribution in [1.82, 2.24) is 9.55 Å². The summed E-state index contributed by atoms with van der Waals surface area (Å²) in [6.07, 6.45) is 0. The number of para-hydroxylation sites is 3. The summed E-state index contributed by atoms with van der Waals surface area (Å²) in [5.41, 5.74) is 3.64. The highest BCUT2D eigenvalue weighted by molar-refractivity contribution is 5.78. The zero-order chi connectivity index (χ0) is 15.6. The third-order valence-corrected chi connectivity index (χ3v) is 4.63. The first-order valence-corrected chi connectivity index (χ1v) is 8.37. The van der Waals surface area contributed by atoms with Gasteiger partial charge in [0.15, 0.2) is 0 Å². The number of aryl methyl sites for hydroxylation is 1. The van der Waals surface area contributed by atoms with E-state index >= 15 is 0 Å². The summed E-state index contributed by atoms with van der Waals surface area (Å²) >= 11 is 0. The molecule has 4 heteroatoms. The lowest BCUT2D eigenvalue weighted by atomic mass is 10.2. The molecule has 0 bridgehead atoms. The Morgan fingerprint density at radius 1 is 0.826 bits per heavy atom. The first kappa shape index (κ1) is 14.1. The van der Waals surface area contributed by atoms with Crippen molar-refractivity contribution < 1.29 is 0 Å². The van der Waals surface area contributed by atoms with Gasteiger partial charge in [0.05, 0.1) is 11.0 Å². The van der Waals surface area contributed by atoms with Crippen molar-refractivity contribution >= 4 is 22.7 Å². The third-order valence-electron chi connectivity index (χ3n) is 4.63. The van der Waals surface area contributed by atoms with E-state index in [9.17, 15) is 0 Å². The minimum absolute atomic E-state index is 0.953. The molecule has 4 rings (SSSR count). The molecule has 0 radical (unpaired) electrons. The molecular weight excluding hydrogens is 284 g/mol. The molecule has 118 valence electrons. The van der Waals surface area contributed by atoms with Crippen molar-refractivity contribution in [3.05, 3.63) is 54.6 Å². The van der Waals surface area contributed by atoms with Gasteiger partial charge in [0.1, 0.15) is 0 Å². The molecule has 1 aliphatic heterocycles. The summed E-state index contributed by atoms with van der Waals surface area (Å²) in [6.45, 7) is 7.25. The molecule has 0 atom stereocenters. The minimum Gasteiger partial charge on any atom is -0.368 e. The highest BCUT2D eigenvalue weighted by Crippen LogP contribution is 2.24. The topological polar surface area (TPSA) is 24.3 Å². The van der Waals surface area contributed by atoms with Gasteiger partial charge in [-0.2, -0.15) is 0 Å². The van der Waals surface area contributed by atoms with Gasteiger partial charge in [-0.15, -0.1) is 0 Å². The Balaban J connectivity index is 1.57. The van der Waals surface area contributed by atoms with E-state index in [2.05, 4.69) is 75.9 Å². The summed E-state index contributed by atoms with van der Waals surface area (Å²) in [7, 11) is 0. The van der Waals surface area contributed by atoms with Crippen LogP contribution in [-0.2, 0) is 6.54 Å². The van der Waals surface area contributed by atoms with Crippen LogP contribution in [0.2, 0.25) is 0 Å². The highest BCUT2D eigenvalue weighted by atomic mass is 15.4. The van der Waals surface area contributed by atoms with Crippen molar-refractivity contribution in [3.63, 3.8) is 0 Å². The first-order valence-electron chi connectivity index (χ1n) is 8.37. The van der Waals surface area contributed by atoms with Crippen molar-refractivity contribution in [2.24, 2.45) is 0 Å². The number of rotatable bonds is 3. The summed E-state index contributed by atoms with van der Waals surface area (Å²) in [5.74, 6) is 1.11. The van der Waals surface area contributed by atoms with Crippen LogP contribution in [0.3, 0.4) is 0 Å². The van der Waals surface area contributed by atoms with Crippen LogP contribution < -0.4 is 9.80 Å². The normalized spacial score (nSPS) is 15.3. The number of nitrogens with zero attached hydrogens (tertiary/aromatic N) is 4. The maximum absolute atomic E-state index is 4.88. The van der Waals surface area contributed by atoms with E-state index in [1.54, 1.807) is 0 Å². The van der Waals surface area contributed by atoms with E-state index in [0.717, 1.165) is 44.2 Å². The highest BCUT2D eigenvalue weighted by Gasteiger charge is 2.21. The van der Waals surface area contributed by atoms with Crippen molar-refractivity contribution in [2.45, 2.75) is 13.5 Å². The SMILES string of the molecule is CCn1c(N2CCN(c3ccccc3)CC2)nc2ccccc21. The molecule has 1 saturated heterocycles. The molecule has 2 heterocycles. The molecule has 0 N–H and O–H groups in total. The zero-order valence-electron chi connectivity index (χ0n) is 13.5. The fourth-order valence-corrected chi connectivity index (χ4v) is 3.42. The molecule has 1 aliphatic rings. The average Bonchev–Trinajstić information content (AvgIpc) is 3.01. The molecular formula is C19H22N4. The standard InChI is InChI=1S/C19H22N4/c1-2-23-18-11-7-6-10-17(18)20-19(23)22-14-12-21(13-15-22)16-8-4-3-5-9-16/h3-11H,2,12-15H2,1H3. The average molecular weight is 306 g/mol. The summed E-state index contributed by atoms with van der Waals surface area (Å²) < 4.78 is 2.33. The smallest absolute Gasteiger partial charge is 0.206 e. The van der Waals surface area contributed by atoms with Gasteiger partial charge in [-0.3, -0.25) is 0 Å². The van der Waals surface area contributed by atoms with Gasteiger partial charge in [-0.25, -0.2) is 4.98 Å². The molecule has 1 aromatic heterocycles. The minimum atomic E-state index is 0.953. The maximum atomic E-state index is 4.88. The van der Waals surface area contributed by atoms with Crippen molar-refractivity contribution in [3.8, 4) is 0 Å². The van der Waals surface area contributed by atoms with Gasteiger partial charge in [0.25, 0.3) is 0 Å². The van der Waals surface area contributed by atoms with Gasteiger partial charge < -0.3 is 14.4 Å². The monoisotopic (exact) mass is 306 g/mol. The van der Waals surface area contributed by atoms with E-state index in [4.69, 9.17) is 4.98 Å². The fraction of sp³-hybridized carbons (Fsp3) is 0.316. The number of fused-ring (bicyclic) bond motifs is 1. The summed E-state index contributed by atoms with van der Waals surface area (Å²) in [5, 5.41) is 0. The lowest BCUT2D eigenvalue weighted by Gasteiger charge is -2.36. The van der Waals surface area contributed by atoms with Gasteiger partial charge in [0, 0.05) is 38.4 Å². The number of anilines is 2. The number of hydrogen-bond acceptors (Lipinski definition) is 3. The quantitative estimate of drug-likeness (QED) is 0.741. The zero-order valence-corrected chi connectivity index (χ0v) is 13.5. The van der Waals surface area contributed by atoms with E-state index < -0.39 is 0 Å². The molecule has 23 heavy (non-hydrogen) atoms. The molecule has 0 amide bonds. The second-order valence-corrected chi connectivity index (χ2v) is 5.95.